The van der Waals surface area contributed by atoms with Gasteiger partial charge in [-0.1, -0.05) is 6.92 Å². The highest BCUT2D eigenvalue weighted by atomic mass is 16.5. The van der Waals surface area contributed by atoms with Crippen LogP contribution in [0.15, 0.2) is 0 Å². The van der Waals surface area contributed by atoms with Crippen molar-refractivity contribution in [2.75, 3.05) is 20.3 Å². The molecule has 0 radical (unpaired) electrons. The molecule has 0 aromatic rings. The van der Waals surface area contributed by atoms with Gasteiger partial charge in [-0.25, -0.2) is 0 Å². The Morgan fingerprint density at radius 1 is 1.38 bits per heavy atom. The van der Waals surface area contributed by atoms with Gasteiger partial charge in [0.15, 0.2) is 0 Å². The second-order valence-electron chi connectivity index (χ2n) is 4.43. The minimum Gasteiger partial charge on any atom is -0.465 e. The van der Waals surface area contributed by atoms with Crippen LogP contribution in [-0.4, -0.2) is 37.9 Å². The van der Waals surface area contributed by atoms with Crippen molar-refractivity contribution in [1.82, 2.24) is 5.32 Å². The summed E-state index contributed by atoms with van der Waals surface area (Å²) >= 11 is 0. The fraction of sp³-hybridized carbons (Fsp3) is 0.917. The highest BCUT2D eigenvalue weighted by Crippen LogP contribution is 2.16. The molecule has 4 nitrogen and oxygen atoms in total. The minimum absolute atomic E-state index is 0.193. The average molecular weight is 231 g/mol. The molecule has 1 N–H and O–H groups in total. The van der Waals surface area contributed by atoms with Gasteiger partial charge in [0.25, 0.3) is 0 Å². The van der Waals surface area contributed by atoms with Gasteiger partial charge in [0.1, 0.15) is 6.04 Å². The lowest BCUT2D eigenvalue weighted by Gasteiger charge is -2.27. The summed E-state index contributed by atoms with van der Waals surface area (Å²) in [7, 11) is 1.65. The van der Waals surface area contributed by atoms with E-state index in [9.17, 15) is 4.79 Å². The lowest BCUT2D eigenvalue weighted by atomic mass is 9.98. The third-order valence-corrected chi connectivity index (χ3v) is 2.46. The zero-order valence-corrected chi connectivity index (χ0v) is 11.1. The molecule has 0 heterocycles. The molecule has 96 valence electrons. The predicted octanol–water partition coefficient (Wildman–Crippen LogP) is 1.73. The molecular formula is C12H25NO3. The van der Waals surface area contributed by atoms with E-state index in [0.29, 0.717) is 13.0 Å². The van der Waals surface area contributed by atoms with Crippen LogP contribution in [0.3, 0.4) is 0 Å². The molecule has 4 heteroatoms. The SMILES string of the molecule is CCCNC(CC(C)(C)OC)C(=O)OCC. The third kappa shape index (κ3) is 6.08. The maximum absolute atomic E-state index is 11.7. The Kier molecular flexibility index (Phi) is 7.34. The van der Waals surface area contributed by atoms with Crippen molar-refractivity contribution in [2.45, 2.75) is 52.2 Å². The summed E-state index contributed by atoms with van der Waals surface area (Å²) in [5.74, 6) is -0.193. The van der Waals surface area contributed by atoms with Gasteiger partial charge in [-0.3, -0.25) is 4.79 Å². The smallest absolute Gasteiger partial charge is 0.323 e. The summed E-state index contributed by atoms with van der Waals surface area (Å²) in [6.07, 6.45) is 1.60. The molecule has 1 atom stereocenters. The lowest BCUT2D eigenvalue weighted by molar-refractivity contribution is -0.147. The number of esters is 1. The topological polar surface area (TPSA) is 47.6 Å². The summed E-state index contributed by atoms with van der Waals surface area (Å²) in [4.78, 5) is 11.7. The molecule has 0 aliphatic carbocycles. The zero-order chi connectivity index (χ0) is 12.6. The molecular weight excluding hydrogens is 206 g/mol. The van der Waals surface area contributed by atoms with Gasteiger partial charge in [-0.05, 0) is 33.7 Å². The van der Waals surface area contributed by atoms with Crippen LogP contribution >= 0.6 is 0 Å². The van der Waals surface area contributed by atoms with Crippen molar-refractivity contribution in [1.29, 1.82) is 0 Å². The first-order chi connectivity index (χ1) is 7.46. The summed E-state index contributed by atoms with van der Waals surface area (Å²) in [5.41, 5.74) is -0.321. The van der Waals surface area contributed by atoms with E-state index in [1.165, 1.54) is 0 Å². The third-order valence-electron chi connectivity index (χ3n) is 2.46. The number of rotatable bonds is 8. The molecule has 0 rings (SSSR count). The second kappa shape index (κ2) is 7.63. The molecule has 0 aliphatic rings. The Labute approximate surface area is 98.7 Å². The molecule has 0 aliphatic heterocycles. The maximum Gasteiger partial charge on any atom is 0.323 e. The molecule has 1 unspecified atom stereocenters. The minimum atomic E-state index is -0.321. The number of hydrogen-bond donors (Lipinski definition) is 1. The van der Waals surface area contributed by atoms with Crippen LogP contribution in [-0.2, 0) is 14.3 Å². The number of carbonyl (C=O) groups excluding carboxylic acids is 1. The van der Waals surface area contributed by atoms with Crippen LogP contribution in [0.2, 0.25) is 0 Å². The van der Waals surface area contributed by atoms with Crippen molar-refractivity contribution in [2.24, 2.45) is 0 Å². The highest BCUT2D eigenvalue weighted by molar-refractivity contribution is 5.75. The first-order valence-corrected chi connectivity index (χ1v) is 5.92. The summed E-state index contributed by atoms with van der Waals surface area (Å²) in [6.45, 7) is 9.03. The normalized spacial score (nSPS) is 13.6. The first kappa shape index (κ1) is 15.4. The summed E-state index contributed by atoms with van der Waals surface area (Å²) in [6, 6.07) is -0.283. The fourth-order valence-electron chi connectivity index (χ4n) is 1.38. The van der Waals surface area contributed by atoms with Crippen LogP contribution in [0.25, 0.3) is 0 Å². The molecule has 16 heavy (non-hydrogen) atoms. The summed E-state index contributed by atoms with van der Waals surface area (Å²) < 4.78 is 10.4. The lowest BCUT2D eigenvalue weighted by Crippen LogP contribution is -2.44. The Morgan fingerprint density at radius 2 is 2.00 bits per heavy atom. The standard InChI is InChI=1S/C12H25NO3/c1-6-8-13-10(11(14)16-7-2)9-12(3,4)15-5/h10,13H,6-9H2,1-5H3. The molecule has 0 fully saturated rings. The average Bonchev–Trinajstić information content (AvgIpc) is 2.24. The molecule has 0 aromatic heterocycles. The van der Waals surface area contributed by atoms with E-state index in [-0.39, 0.29) is 17.6 Å². The van der Waals surface area contributed by atoms with Crippen LogP contribution in [0.4, 0.5) is 0 Å². The Balaban J connectivity index is 4.35. The maximum atomic E-state index is 11.7. The van der Waals surface area contributed by atoms with Crippen molar-refractivity contribution < 1.29 is 14.3 Å². The van der Waals surface area contributed by atoms with Gasteiger partial charge in [0.2, 0.25) is 0 Å². The highest BCUT2D eigenvalue weighted by Gasteiger charge is 2.28. The van der Waals surface area contributed by atoms with Crippen LogP contribution in [0.5, 0.6) is 0 Å². The largest absolute Gasteiger partial charge is 0.465 e. The van der Waals surface area contributed by atoms with Gasteiger partial charge in [-0.15, -0.1) is 0 Å². The Hall–Kier alpha value is -0.610. The molecule has 0 aromatic carbocycles. The molecule has 0 saturated carbocycles. The predicted molar refractivity (Wildman–Crippen MR) is 64.4 cm³/mol. The van der Waals surface area contributed by atoms with E-state index < -0.39 is 0 Å². The number of ether oxygens (including phenoxy) is 2. The van der Waals surface area contributed by atoms with Crippen LogP contribution in [0, 0.1) is 0 Å². The quantitative estimate of drug-likeness (QED) is 0.646. The first-order valence-electron chi connectivity index (χ1n) is 5.92. The van der Waals surface area contributed by atoms with E-state index in [4.69, 9.17) is 9.47 Å². The molecule has 0 bridgehead atoms. The Bertz CT molecular complexity index is 204. The van der Waals surface area contributed by atoms with Gasteiger partial charge < -0.3 is 14.8 Å². The summed E-state index contributed by atoms with van der Waals surface area (Å²) in [5, 5.41) is 3.19. The zero-order valence-electron chi connectivity index (χ0n) is 11.1. The van der Waals surface area contributed by atoms with E-state index in [2.05, 4.69) is 12.2 Å². The van der Waals surface area contributed by atoms with E-state index >= 15 is 0 Å². The molecule has 0 amide bonds. The van der Waals surface area contributed by atoms with Gasteiger partial charge in [0.05, 0.1) is 12.2 Å². The number of hydrogen-bond acceptors (Lipinski definition) is 4. The van der Waals surface area contributed by atoms with Crippen molar-refractivity contribution in [3.63, 3.8) is 0 Å². The monoisotopic (exact) mass is 231 g/mol. The van der Waals surface area contributed by atoms with Crippen molar-refractivity contribution >= 4 is 5.97 Å². The second-order valence-corrected chi connectivity index (χ2v) is 4.43. The molecule has 0 spiro atoms. The van der Waals surface area contributed by atoms with Gasteiger partial charge >= 0.3 is 5.97 Å². The van der Waals surface area contributed by atoms with Crippen molar-refractivity contribution in [3.8, 4) is 0 Å². The number of carbonyl (C=O) groups is 1. The fourth-order valence-corrected chi connectivity index (χ4v) is 1.38. The molecule has 0 saturated heterocycles. The van der Waals surface area contributed by atoms with Gasteiger partial charge in [-0.2, -0.15) is 0 Å². The van der Waals surface area contributed by atoms with E-state index in [1.54, 1.807) is 7.11 Å². The van der Waals surface area contributed by atoms with E-state index in [0.717, 1.165) is 13.0 Å². The number of nitrogens with one attached hydrogen (secondary N) is 1. The van der Waals surface area contributed by atoms with Crippen LogP contribution in [0.1, 0.15) is 40.5 Å². The van der Waals surface area contributed by atoms with E-state index in [1.807, 2.05) is 20.8 Å². The van der Waals surface area contributed by atoms with Crippen molar-refractivity contribution in [3.05, 3.63) is 0 Å². The van der Waals surface area contributed by atoms with Gasteiger partial charge in [0, 0.05) is 13.5 Å². The van der Waals surface area contributed by atoms with Crippen LogP contribution < -0.4 is 5.32 Å². The number of methoxy groups -OCH3 is 1. The Morgan fingerprint density at radius 3 is 2.44 bits per heavy atom.